The number of aliphatic hydroxyl groups excluding tert-OH is 1. The molecule has 0 saturated heterocycles. The van der Waals surface area contributed by atoms with E-state index in [-0.39, 0.29) is 6.61 Å². The zero-order valence-corrected chi connectivity index (χ0v) is 10.7. The molecule has 17 heavy (non-hydrogen) atoms. The molecule has 1 saturated carbocycles. The Labute approximate surface area is 104 Å². The number of nitrogens with one attached hydrogen (secondary N) is 1. The number of benzene rings is 1. The molecule has 1 unspecified atom stereocenters. The third-order valence-electron chi connectivity index (χ3n) is 3.94. The van der Waals surface area contributed by atoms with Gasteiger partial charge in [-0.25, -0.2) is 0 Å². The van der Waals surface area contributed by atoms with Crippen molar-refractivity contribution < 1.29 is 5.11 Å². The van der Waals surface area contributed by atoms with Crippen LogP contribution in [0.15, 0.2) is 24.3 Å². The summed E-state index contributed by atoms with van der Waals surface area (Å²) in [6.07, 6.45) is 5.58. The van der Waals surface area contributed by atoms with Crippen molar-refractivity contribution in [2.45, 2.75) is 51.8 Å². The van der Waals surface area contributed by atoms with Gasteiger partial charge in [-0.05, 0) is 36.8 Å². The van der Waals surface area contributed by atoms with Crippen molar-refractivity contribution in [1.82, 2.24) is 5.32 Å². The molecule has 0 bridgehead atoms. The summed E-state index contributed by atoms with van der Waals surface area (Å²) in [5, 5.41) is 12.6. The maximum absolute atomic E-state index is 8.97. The molecule has 1 aliphatic carbocycles. The lowest BCUT2D eigenvalue weighted by Gasteiger charge is -2.20. The lowest BCUT2D eigenvalue weighted by atomic mass is 9.99. The van der Waals surface area contributed by atoms with Crippen LogP contribution in [0.4, 0.5) is 0 Å². The average Bonchev–Trinajstić information content (AvgIpc) is 2.90. The van der Waals surface area contributed by atoms with Crippen molar-refractivity contribution in [3.05, 3.63) is 35.4 Å². The van der Waals surface area contributed by atoms with Gasteiger partial charge >= 0.3 is 0 Å². The van der Waals surface area contributed by atoms with Gasteiger partial charge in [-0.1, -0.05) is 37.1 Å². The van der Waals surface area contributed by atoms with Gasteiger partial charge in [-0.3, -0.25) is 0 Å². The molecule has 0 aliphatic heterocycles. The van der Waals surface area contributed by atoms with Gasteiger partial charge in [0.05, 0.1) is 6.61 Å². The van der Waals surface area contributed by atoms with E-state index in [9.17, 15) is 0 Å². The fourth-order valence-electron chi connectivity index (χ4n) is 2.67. The Morgan fingerprint density at radius 1 is 1.18 bits per heavy atom. The molecular formula is C15H23NO. The van der Waals surface area contributed by atoms with Gasteiger partial charge in [-0.15, -0.1) is 0 Å². The summed E-state index contributed by atoms with van der Waals surface area (Å²) in [4.78, 5) is 0. The van der Waals surface area contributed by atoms with E-state index in [1.807, 2.05) is 12.1 Å². The Balaban J connectivity index is 1.80. The van der Waals surface area contributed by atoms with Crippen LogP contribution in [0.25, 0.3) is 0 Å². The summed E-state index contributed by atoms with van der Waals surface area (Å²) < 4.78 is 0. The first kappa shape index (κ1) is 12.6. The van der Waals surface area contributed by atoms with Crippen LogP contribution >= 0.6 is 0 Å². The van der Waals surface area contributed by atoms with Crippen molar-refractivity contribution in [3.8, 4) is 0 Å². The van der Waals surface area contributed by atoms with E-state index in [0.717, 1.165) is 18.0 Å². The maximum atomic E-state index is 8.97. The summed E-state index contributed by atoms with van der Waals surface area (Å²) in [5.74, 6) is 0.867. The van der Waals surface area contributed by atoms with E-state index in [2.05, 4.69) is 24.4 Å². The van der Waals surface area contributed by atoms with Crippen LogP contribution in [0, 0.1) is 5.92 Å². The fraction of sp³-hybridized carbons (Fsp3) is 0.600. The number of aliphatic hydroxyl groups is 1. The highest BCUT2D eigenvalue weighted by molar-refractivity contribution is 5.21. The molecule has 0 spiro atoms. The van der Waals surface area contributed by atoms with Crippen LogP contribution in [0.1, 0.15) is 43.7 Å². The Hall–Kier alpha value is -0.860. The molecule has 2 rings (SSSR count). The van der Waals surface area contributed by atoms with Crippen molar-refractivity contribution >= 4 is 0 Å². The van der Waals surface area contributed by atoms with E-state index < -0.39 is 0 Å². The average molecular weight is 233 g/mol. The second kappa shape index (κ2) is 6.18. The van der Waals surface area contributed by atoms with Gasteiger partial charge in [0.2, 0.25) is 0 Å². The summed E-state index contributed by atoms with van der Waals surface area (Å²) in [6.45, 7) is 3.37. The van der Waals surface area contributed by atoms with Crippen LogP contribution in [0.3, 0.4) is 0 Å². The molecule has 1 atom stereocenters. The lowest BCUT2D eigenvalue weighted by Crippen LogP contribution is -2.31. The fourth-order valence-corrected chi connectivity index (χ4v) is 2.67. The lowest BCUT2D eigenvalue weighted by molar-refractivity contribution is 0.282. The van der Waals surface area contributed by atoms with Gasteiger partial charge in [0.1, 0.15) is 0 Å². The topological polar surface area (TPSA) is 32.3 Å². The minimum absolute atomic E-state index is 0.131. The normalized spacial score (nSPS) is 18.5. The molecule has 2 heteroatoms. The van der Waals surface area contributed by atoms with E-state index in [1.165, 1.54) is 31.2 Å². The molecule has 2 nitrogen and oxygen atoms in total. The predicted molar refractivity (Wildman–Crippen MR) is 70.6 cm³/mol. The van der Waals surface area contributed by atoms with E-state index in [0.29, 0.717) is 6.04 Å². The minimum Gasteiger partial charge on any atom is -0.392 e. The molecule has 2 N–H and O–H groups in total. The zero-order valence-electron chi connectivity index (χ0n) is 10.7. The molecule has 1 fully saturated rings. The Morgan fingerprint density at radius 3 is 2.35 bits per heavy atom. The summed E-state index contributed by atoms with van der Waals surface area (Å²) in [6, 6.07) is 8.81. The first-order valence-electron chi connectivity index (χ1n) is 6.71. The second-order valence-corrected chi connectivity index (χ2v) is 5.19. The first-order chi connectivity index (χ1) is 8.29. The van der Waals surface area contributed by atoms with Crippen molar-refractivity contribution in [3.63, 3.8) is 0 Å². The number of rotatable bonds is 5. The smallest absolute Gasteiger partial charge is 0.0681 e. The SMILES string of the molecule is CC(NCc1ccc(CO)cc1)C1CCCC1. The number of hydrogen-bond donors (Lipinski definition) is 2. The van der Waals surface area contributed by atoms with Crippen LogP contribution in [-0.4, -0.2) is 11.1 Å². The predicted octanol–water partition coefficient (Wildman–Crippen LogP) is 2.85. The van der Waals surface area contributed by atoms with Gasteiger partial charge in [-0.2, -0.15) is 0 Å². The maximum Gasteiger partial charge on any atom is 0.0681 e. The van der Waals surface area contributed by atoms with Crippen molar-refractivity contribution in [2.24, 2.45) is 5.92 Å². The summed E-state index contributed by atoms with van der Waals surface area (Å²) in [5.41, 5.74) is 2.28. The Kier molecular flexibility index (Phi) is 4.57. The van der Waals surface area contributed by atoms with E-state index in [4.69, 9.17) is 5.11 Å². The Morgan fingerprint density at radius 2 is 1.76 bits per heavy atom. The van der Waals surface area contributed by atoms with Crippen LogP contribution < -0.4 is 5.32 Å². The molecule has 0 heterocycles. The minimum atomic E-state index is 0.131. The standard InChI is InChI=1S/C15H23NO/c1-12(15-4-2-3-5-15)16-10-13-6-8-14(11-17)9-7-13/h6-9,12,15-17H,2-5,10-11H2,1H3. The van der Waals surface area contributed by atoms with E-state index in [1.54, 1.807) is 0 Å². The molecule has 1 aliphatic rings. The second-order valence-electron chi connectivity index (χ2n) is 5.19. The molecule has 94 valence electrons. The quantitative estimate of drug-likeness (QED) is 0.819. The molecule has 0 radical (unpaired) electrons. The van der Waals surface area contributed by atoms with Crippen LogP contribution in [0.5, 0.6) is 0 Å². The number of hydrogen-bond acceptors (Lipinski definition) is 2. The summed E-state index contributed by atoms with van der Waals surface area (Å²) in [7, 11) is 0. The van der Waals surface area contributed by atoms with Gasteiger partial charge < -0.3 is 10.4 Å². The first-order valence-corrected chi connectivity index (χ1v) is 6.71. The van der Waals surface area contributed by atoms with Crippen LogP contribution in [0.2, 0.25) is 0 Å². The largest absolute Gasteiger partial charge is 0.392 e. The van der Waals surface area contributed by atoms with Gasteiger partial charge in [0, 0.05) is 12.6 Å². The van der Waals surface area contributed by atoms with Crippen molar-refractivity contribution in [1.29, 1.82) is 0 Å². The molecule has 1 aromatic carbocycles. The van der Waals surface area contributed by atoms with Gasteiger partial charge in [0.15, 0.2) is 0 Å². The van der Waals surface area contributed by atoms with E-state index >= 15 is 0 Å². The zero-order chi connectivity index (χ0) is 12.1. The molecule has 1 aromatic rings. The third kappa shape index (κ3) is 3.55. The van der Waals surface area contributed by atoms with Gasteiger partial charge in [0.25, 0.3) is 0 Å². The summed E-state index contributed by atoms with van der Waals surface area (Å²) >= 11 is 0. The van der Waals surface area contributed by atoms with Crippen LogP contribution in [-0.2, 0) is 13.2 Å². The molecular weight excluding hydrogens is 210 g/mol. The molecule has 0 aromatic heterocycles. The Bertz CT molecular complexity index is 327. The monoisotopic (exact) mass is 233 g/mol. The third-order valence-corrected chi connectivity index (χ3v) is 3.94. The highest BCUT2D eigenvalue weighted by Gasteiger charge is 2.20. The molecule has 0 amide bonds. The van der Waals surface area contributed by atoms with Crippen molar-refractivity contribution in [2.75, 3.05) is 0 Å². The highest BCUT2D eigenvalue weighted by atomic mass is 16.3. The highest BCUT2D eigenvalue weighted by Crippen LogP contribution is 2.27.